The van der Waals surface area contributed by atoms with Crippen molar-refractivity contribution in [2.24, 2.45) is 0 Å². The van der Waals surface area contributed by atoms with E-state index >= 15 is 0 Å². The van der Waals surface area contributed by atoms with Gasteiger partial charge in [0.05, 0.1) is 6.54 Å². The molecule has 0 fully saturated rings. The number of aromatic amines is 1. The maximum Gasteiger partial charge on any atom is 0.214 e. The summed E-state index contributed by atoms with van der Waals surface area (Å²) < 4.78 is 0. The molecule has 0 aliphatic carbocycles. The second kappa shape index (κ2) is 4.46. The highest BCUT2D eigenvalue weighted by molar-refractivity contribution is 5.74. The van der Waals surface area contributed by atoms with E-state index in [-0.39, 0.29) is 0 Å². The summed E-state index contributed by atoms with van der Waals surface area (Å²) in [5.41, 5.74) is 1.92. The number of para-hydroxylation sites is 1. The van der Waals surface area contributed by atoms with Gasteiger partial charge < -0.3 is 9.88 Å². The second-order valence-corrected chi connectivity index (χ2v) is 3.26. The van der Waals surface area contributed by atoms with Crippen molar-refractivity contribution in [3.8, 4) is 0 Å². The van der Waals surface area contributed by atoms with Crippen LogP contribution in [0.3, 0.4) is 0 Å². The lowest BCUT2D eigenvalue weighted by molar-refractivity contribution is -0.107. The summed E-state index contributed by atoms with van der Waals surface area (Å²) >= 11 is 0. The molecule has 0 spiro atoms. The number of carbonyl (C=O) groups is 1. The Labute approximate surface area is 88.3 Å². The molecule has 0 unspecified atom stereocenters. The third-order valence-corrected chi connectivity index (χ3v) is 2.22. The molecule has 2 rings (SSSR count). The van der Waals surface area contributed by atoms with Gasteiger partial charge in [-0.1, -0.05) is 18.2 Å². The zero-order valence-corrected chi connectivity index (χ0v) is 8.26. The fraction of sp³-hybridized carbons (Fsp3) is 0.0833. The van der Waals surface area contributed by atoms with E-state index in [1.807, 2.05) is 48.7 Å². The van der Waals surface area contributed by atoms with Crippen molar-refractivity contribution in [2.45, 2.75) is 6.54 Å². The molecule has 0 aliphatic rings. The van der Waals surface area contributed by atoms with Gasteiger partial charge in [0.2, 0.25) is 6.41 Å². The number of nitrogens with zero attached hydrogens (tertiary/aromatic N) is 1. The number of benzene rings is 1. The Morgan fingerprint density at radius 2 is 1.93 bits per heavy atom. The van der Waals surface area contributed by atoms with Gasteiger partial charge in [-0.25, -0.2) is 0 Å². The van der Waals surface area contributed by atoms with Gasteiger partial charge in [0.1, 0.15) is 0 Å². The fourth-order valence-electron chi connectivity index (χ4n) is 1.46. The number of rotatable bonds is 4. The number of aromatic nitrogens is 1. The minimum Gasteiger partial charge on any atom is -0.364 e. The first-order valence-electron chi connectivity index (χ1n) is 4.79. The molecular formula is C12H12N2O. The van der Waals surface area contributed by atoms with E-state index in [0.717, 1.165) is 17.8 Å². The molecule has 1 heterocycles. The number of nitrogens with one attached hydrogen (secondary N) is 1. The van der Waals surface area contributed by atoms with Crippen molar-refractivity contribution in [1.29, 1.82) is 0 Å². The molecule has 0 bridgehead atoms. The Hall–Kier alpha value is -2.03. The molecule has 3 heteroatoms. The van der Waals surface area contributed by atoms with Crippen LogP contribution in [0.25, 0.3) is 0 Å². The van der Waals surface area contributed by atoms with Crippen molar-refractivity contribution in [2.75, 3.05) is 4.90 Å². The van der Waals surface area contributed by atoms with E-state index in [2.05, 4.69) is 4.98 Å². The van der Waals surface area contributed by atoms with E-state index in [0.29, 0.717) is 6.54 Å². The molecule has 0 radical (unpaired) electrons. The van der Waals surface area contributed by atoms with Crippen LogP contribution in [0.2, 0.25) is 0 Å². The first-order valence-corrected chi connectivity index (χ1v) is 4.79. The lowest BCUT2D eigenvalue weighted by Gasteiger charge is -2.16. The molecule has 2 aromatic rings. The molecule has 0 atom stereocenters. The second-order valence-electron chi connectivity index (χ2n) is 3.26. The number of carbonyl (C=O) groups excluding carboxylic acids is 1. The van der Waals surface area contributed by atoms with Crippen LogP contribution in [0, 0.1) is 0 Å². The zero-order chi connectivity index (χ0) is 10.5. The SMILES string of the molecule is O=CN(Cc1ccc[nH]1)c1ccccc1. The highest BCUT2D eigenvalue weighted by Crippen LogP contribution is 2.13. The summed E-state index contributed by atoms with van der Waals surface area (Å²) in [4.78, 5) is 15.7. The van der Waals surface area contributed by atoms with E-state index in [1.54, 1.807) is 4.90 Å². The Bertz CT molecular complexity index is 408. The smallest absolute Gasteiger partial charge is 0.214 e. The third-order valence-electron chi connectivity index (χ3n) is 2.22. The summed E-state index contributed by atoms with van der Waals surface area (Å²) in [7, 11) is 0. The van der Waals surface area contributed by atoms with E-state index in [9.17, 15) is 4.79 Å². The topological polar surface area (TPSA) is 36.1 Å². The van der Waals surface area contributed by atoms with Gasteiger partial charge in [-0.05, 0) is 24.3 Å². The van der Waals surface area contributed by atoms with Crippen LogP contribution < -0.4 is 4.90 Å². The van der Waals surface area contributed by atoms with Crippen molar-refractivity contribution in [3.05, 3.63) is 54.4 Å². The van der Waals surface area contributed by atoms with Crippen molar-refractivity contribution >= 4 is 12.1 Å². The number of H-pyrrole nitrogens is 1. The molecule has 1 amide bonds. The molecule has 1 aromatic heterocycles. The standard InChI is InChI=1S/C12H12N2O/c15-10-14(9-11-5-4-8-13-11)12-6-2-1-3-7-12/h1-8,10,13H,9H2. The third kappa shape index (κ3) is 2.26. The summed E-state index contributed by atoms with van der Waals surface area (Å²) in [6, 6.07) is 13.5. The highest BCUT2D eigenvalue weighted by atomic mass is 16.1. The maximum atomic E-state index is 10.9. The van der Waals surface area contributed by atoms with Gasteiger partial charge in [0.25, 0.3) is 0 Å². The minimum atomic E-state index is 0.570. The van der Waals surface area contributed by atoms with E-state index in [1.165, 1.54) is 0 Å². The van der Waals surface area contributed by atoms with Crippen molar-refractivity contribution < 1.29 is 4.79 Å². The molecule has 15 heavy (non-hydrogen) atoms. The quantitative estimate of drug-likeness (QED) is 0.754. The summed E-state index contributed by atoms with van der Waals surface area (Å²) in [5.74, 6) is 0. The maximum absolute atomic E-state index is 10.9. The Morgan fingerprint density at radius 1 is 1.13 bits per heavy atom. The van der Waals surface area contributed by atoms with Gasteiger partial charge >= 0.3 is 0 Å². The largest absolute Gasteiger partial charge is 0.364 e. The van der Waals surface area contributed by atoms with Crippen molar-refractivity contribution in [1.82, 2.24) is 4.98 Å². The Morgan fingerprint density at radius 3 is 2.53 bits per heavy atom. The van der Waals surface area contributed by atoms with Crippen LogP contribution >= 0.6 is 0 Å². The monoisotopic (exact) mass is 200 g/mol. The van der Waals surface area contributed by atoms with Crippen LogP contribution in [-0.4, -0.2) is 11.4 Å². The van der Waals surface area contributed by atoms with Gasteiger partial charge in [0, 0.05) is 17.6 Å². The number of hydrogen-bond donors (Lipinski definition) is 1. The summed E-state index contributed by atoms with van der Waals surface area (Å²) in [6.45, 7) is 0.570. The van der Waals surface area contributed by atoms with Gasteiger partial charge in [-0.2, -0.15) is 0 Å². The average molecular weight is 200 g/mol. The van der Waals surface area contributed by atoms with Crippen LogP contribution in [0.1, 0.15) is 5.69 Å². The van der Waals surface area contributed by atoms with Crippen LogP contribution in [-0.2, 0) is 11.3 Å². The van der Waals surface area contributed by atoms with E-state index < -0.39 is 0 Å². The molecule has 0 aliphatic heterocycles. The lowest BCUT2D eigenvalue weighted by Crippen LogP contribution is -2.20. The number of anilines is 1. The van der Waals surface area contributed by atoms with Crippen molar-refractivity contribution in [3.63, 3.8) is 0 Å². The lowest BCUT2D eigenvalue weighted by atomic mass is 10.3. The predicted octanol–water partition coefficient (Wildman–Crippen LogP) is 2.18. The van der Waals surface area contributed by atoms with Gasteiger partial charge in [-0.3, -0.25) is 4.79 Å². The number of hydrogen-bond acceptors (Lipinski definition) is 1. The molecule has 1 N–H and O–H groups in total. The van der Waals surface area contributed by atoms with E-state index in [4.69, 9.17) is 0 Å². The molecule has 3 nitrogen and oxygen atoms in total. The van der Waals surface area contributed by atoms with Gasteiger partial charge in [-0.15, -0.1) is 0 Å². The number of amides is 1. The molecule has 1 aromatic carbocycles. The van der Waals surface area contributed by atoms with Crippen LogP contribution in [0.4, 0.5) is 5.69 Å². The Balaban J connectivity index is 2.15. The first kappa shape index (κ1) is 9.52. The Kier molecular flexibility index (Phi) is 2.83. The average Bonchev–Trinajstić information content (AvgIpc) is 2.80. The minimum absolute atomic E-state index is 0.570. The summed E-state index contributed by atoms with van der Waals surface area (Å²) in [6.07, 6.45) is 2.69. The molecular weight excluding hydrogens is 188 g/mol. The van der Waals surface area contributed by atoms with Crippen LogP contribution in [0.5, 0.6) is 0 Å². The normalized spacial score (nSPS) is 9.87. The molecule has 76 valence electrons. The zero-order valence-electron chi connectivity index (χ0n) is 8.26. The highest BCUT2D eigenvalue weighted by Gasteiger charge is 2.05. The first-order chi connectivity index (χ1) is 7.40. The molecule has 0 saturated heterocycles. The van der Waals surface area contributed by atoms with Crippen LogP contribution in [0.15, 0.2) is 48.7 Å². The molecule has 0 saturated carbocycles. The fourth-order valence-corrected chi connectivity index (χ4v) is 1.46. The summed E-state index contributed by atoms with van der Waals surface area (Å²) in [5, 5.41) is 0. The predicted molar refractivity (Wildman–Crippen MR) is 59.5 cm³/mol. The van der Waals surface area contributed by atoms with Gasteiger partial charge in [0.15, 0.2) is 0 Å².